The van der Waals surface area contributed by atoms with Crippen LogP contribution in [0.3, 0.4) is 0 Å². The first-order valence-corrected chi connectivity index (χ1v) is 5.83. The Morgan fingerprint density at radius 1 is 1.33 bits per heavy atom. The van der Waals surface area contributed by atoms with Gasteiger partial charge in [0.1, 0.15) is 17.2 Å². The van der Waals surface area contributed by atoms with Crippen molar-refractivity contribution in [3.63, 3.8) is 0 Å². The number of hydrogen-bond donors (Lipinski definition) is 1. The summed E-state index contributed by atoms with van der Waals surface area (Å²) in [6.07, 6.45) is 0. The number of furan rings is 1. The van der Waals surface area contributed by atoms with Crippen LogP contribution >= 0.6 is 0 Å². The van der Waals surface area contributed by atoms with Crippen molar-refractivity contribution < 1.29 is 9.15 Å². The van der Waals surface area contributed by atoms with Crippen LogP contribution < -0.4 is 20.9 Å². The third kappa shape index (κ3) is 2.03. The number of ether oxygens (including phenoxy) is 1. The summed E-state index contributed by atoms with van der Waals surface area (Å²) in [5.74, 6) is 1.63. The molecule has 0 aliphatic heterocycles. The van der Waals surface area contributed by atoms with Gasteiger partial charge in [-0.15, -0.1) is 0 Å². The van der Waals surface area contributed by atoms with E-state index in [1.54, 1.807) is 6.92 Å². The van der Waals surface area contributed by atoms with Crippen LogP contribution in [-0.2, 0) is 0 Å². The van der Waals surface area contributed by atoms with Crippen molar-refractivity contribution in [2.75, 3.05) is 11.9 Å². The van der Waals surface area contributed by atoms with E-state index < -0.39 is 10.9 Å². The predicted octanol–water partition coefficient (Wildman–Crippen LogP) is 1.76. The fourth-order valence-electron chi connectivity index (χ4n) is 1.76. The van der Waals surface area contributed by atoms with Crippen molar-refractivity contribution in [2.45, 2.75) is 26.8 Å². The fourth-order valence-corrected chi connectivity index (χ4v) is 1.76. The Morgan fingerprint density at radius 2 is 2.06 bits per heavy atom. The zero-order valence-electron chi connectivity index (χ0n) is 10.6. The van der Waals surface area contributed by atoms with Crippen LogP contribution in [0.2, 0.25) is 0 Å². The summed E-state index contributed by atoms with van der Waals surface area (Å²) in [5.41, 5.74) is -0.862. The SMILES string of the molecule is CCOc1c(N[C@H](C)c2ccc(C)o2)c(=O)c1=O. The minimum atomic E-state index is -0.567. The van der Waals surface area contributed by atoms with Crippen LogP contribution in [0.5, 0.6) is 5.75 Å². The van der Waals surface area contributed by atoms with E-state index in [9.17, 15) is 9.59 Å². The van der Waals surface area contributed by atoms with Gasteiger partial charge in [0, 0.05) is 0 Å². The smallest absolute Gasteiger partial charge is 0.272 e. The Morgan fingerprint density at radius 3 is 2.61 bits per heavy atom. The van der Waals surface area contributed by atoms with Gasteiger partial charge in [0.05, 0.1) is 12.6 Å². The Hall–Kier alpha value is -2.04. The molecule has 1 N–H and O–H groups in total. The normalized spacial score (nSPS) is 12.6. The van der Waals surface area contributed by atoms with Crippen LogP contribution in [-0.4, -0.2) is 6.61 Å². The second-order valence-corrected chi connectivity index (χ2v) is 4.11. The predicted molar refractivity (Wildman–Crippen MR) is 68.0 cm³/mol. The van der Waals surface area contributed by atoms with E-state index in [0.717, 1.165) is 5.76 Å². The minimum Gasteiger partial charge on any atom is -0.488 e. The number of aryl methyl sites for hydroxylation is 1. The van der Waals surface area contributed by atoms with Gasteiger partial charge >= 0.3 is 0 Å². The molecule has 0 radical (unpaired) electrons. The van der Waals surface area contributed by atoms with Crippen molar-refractivity contribution in [3.05, 3.63) is 44.1 Å². The maximum atomic E-state index is 11.4. The molecule has 0 unspecified atom stereocenters. The van der Waals surface area contributed by atoms with Gasteiger partial charge < -0.3 is 14.5 Å². The lowest BCUT2D eigenvalue weighted by atomic mass is 10.1. The first kappa shape index (κ1) is 12.4. The number of hydrogen-bond acceptors (Lipinski definition) is 5. The van der Waals surface area contributed by atoms with Gasteiger partial charge in [-0.05, 0) is 32.9 Å². The summed E-state index contributed by atoms with van der Waals surface area (Å²) in [6, 6.07) is 3.49. The number of anilines is 1. The highest BCUT2D eigenvalue weighted by atomic mass is 16.5. The molecule has 5 nitrogen and oxygen atoms in total. The maximum Gasteiger partial charge on any atom is 0.272 e. The summed E-state index contributed by atoms with van der Waals surface area (Å²) in [6.45, 7) is 5.82. The lowest BCUT2D eigenvalue weighted by Crippen LogP contribution is -2.36. The van der Waals surface area contributed by atoms with Gasteiger partial charge in [-0.3, -0.25) is 9.59 Å². The minimum absolute atomic E-state index is 0.123. The van der Waals surface area contributed by atoms with E-state index in [-0.39, 0.29) is 17.5 Å². The first-order valence-electron chi connectivity index (χ1n) is 5.83. The summed E-state index contributed by atoms with van der Waals surface area (Å²) in [5, 5.41) is 2.95. The topological polar surface area (TPSA) is 68.5 Å². The van der Waals surface area contributed by atoms with Crippen LogP contribution in [0, 0.1) is 6.92 Å². The molecule has 0 spiro atoms. The number of nitrogens with one attached hydrogen (secondary N) is 1. The largest absolute Gasteiger partial charge is 0.488 e. The number of rotatable bonds is 5. The molecule has 0 amide bonds. The molecule has 0 aliphatic carbocycles. The van der Waals surface area contributed by atoms with Crippen molar-refractivity contribution in [2.24, 2.45) is 0 Å². The summed E-state index contributed by atoms with van der Waals surface area (Å²) in [4.78, 5) is 22.7. The highest BCUT2D eigenvalue weighted by Crippen LogP contribution is 2.24. The van der Waals surface area contributed by atoms with E-state index in [0.29, 0.717) is 12.4 Å². The Labute approximate surface area is 104 Å². The molecular formula is C13H15NO4. The van der Waals surface area contributed by atoms with E-state index >= 15 is 0 Å². The molecule has 1 atom stereocenters. The molecule has 2 aromatic rings. The van der Waals surface area contributed by atoms with Gasteiger partial charge in [-0.1, -0.05) is 0 Å². The monoisotopic (exact) mass is 249 g/mol. The maximum absolute atomic E-state index is 11.4. The molecule has 0 saturated heterocycles. The van der Waals surface area contributed by atoms with Crippen molar-refractivity contribution in [1.82, 2.24) is 0 Å². The van der Waals surface area contributed by atoms with Crippen LogP contribution in [0.4, 0.5) is 5.69 Å². The Balaban J connectivity index is 2.17. The lowest BCUT2D eigenvalue weighted by Gasteiger charge is -2.16. The van der Waals surface area contributed by atoms with Crippen molar-refractivity contribution >= 4 is 5.69 Å². The molecule has 5 heteroatoms. The van der Waals surface area contributed by atoms with E-state index in [1.807, 2.05) is 26.0 Å². The molecule has 0 bridgehead atoms. The third-order valence-corrected chi connectivity index (χ3v) is 2.70. The van der Waals surface area contributed by atoms with E-state index in [1.165, 1.54) is 0 Å². The second kappa shape index (κ2) is 4.68. The van der Waals surface area contributed by atoms with Crippen LogP contribution in [0.1, 0.15) is 31.4 Å². The van der Waals surface area contributed by atoms with Gasteiger partial charge in [0.25, 0.3) is 10.9 Å². The van der Waals surface area contributed by atoms with Gasteiger partial charge in [-0.2, -0.15) is 0 Å². The molecule has 1 aromatic carbocycles. The molecule has 2 rings (SSSR count). The summed E-state index contributed by atoms with van der Waals surface area (Å²) >= 11 is 0. The van der Waals surface area contributed by atoms with E-state index in [4.69, 9.17) is 9.15 Å². The van der Waals surface area contributed by atoms with Gasteiger partial charge in [0.2, 0.25) is 0 Å². The first-order chi connectivity index (χ1) is 8.54. The zero-order valence-corrected chi connectivity index (χ0v) is 10.6. The molecule has 1 aromatic heterocycles. The highest BCUT2D eigenvalue weighted by molar-refractivity contribution is 5.62. The average molecular weight is 249 g/mol. The molecular weight excluding hydrogens is 234 g/mol. The van der Waals surface area contributed by atoms with Crippen LogP contribution in [0.15, 0.2) is 26.1 Å². The van der Waals surface area contributed by atoms with E-state index in [2.05, 4.69) is 5.32 Å². The Bertz CT molecular complexity index is 619. The fraction of sp³-hybridized carbons (Fsp3) is 0.385. The summed E-state index contributed by atoms with van der Waals surface area (Å²) < 4.78 is 10.6. The summed E-state index contributed by atoms with van der Waals surface area (Å²) in [7, 11) is 0. The van der Waals surface area contributed by atoms with Crippen molar-refractivity contribution in [1.29, 1.82) is 0 Å². The molecule has 0 saturated carbocycles. The zero-order chi connectivity index (χ0) is 13.3. The lowest BCUT2D eigenvalue weighted by molar-refractivity contribution is 0.334. The molecule has 1 heterocycles. The molecule has 18 heavy (non-hydrogen) atoms. The highest BCUT2D eigenvalue weighted by Gasteiger charge is 2.24. The Kier molecular flexibility index (Phi) is 3.23. The molecule has 0 aliphatic rings. The average Bonchev–Trinajstić information content (AvgIpc) is 2.79. The van der Waals surface area contributed by atoms with Crippen LogP contribution in [0.25, 0.3) is 0 Å². The second-order valence-electron chi connectivity index (χ2n) is 4.11. The molecule has 0 fully saturated rings. The molecule has 96 valence electrons. The third-order valence-electron chi connectivity index (χ3n) is 2.70. The standard InChI is InChI=1S/C13H15NO4/c1-4-17-13-10(11(15)12(13)16)14-8(3)9-6-5-7(2)18-9/h5-6,8,14H,4H2,1-3H3/t8-/m1/s1. The quantitative estimate of drug-likeness (QED) is 0.818. The van der Waals surface area contributed by atoms with Gasteiger partial charge in [-0.25, -0.2) is 0 Å². The van der Waals surface area contributed by atoms with Gasteiger partial charge in [0.15, 0.2) is 5.75 Å². The van der Waals surface area contributed by atoms with Crippen molar-refractivity contribution in [3.8, 4) is 5.75 Å².